The van der Waals surface area contributed by atoms with Crippen LogP contribution in [-0.2, 0) is 70.6 Å². The van der Waals surface area contributed by atoms with Crippen molar-refractivity contribution < 1.29 is 46.9 Å². The van der Waals surface area contributed by atoms with Gasteiger partial charge in [-0.05, 0) is 54.9 Å². The first-order chi connectivity index (χ1) is 23.9. The van der Waals surface area contributed by atoms with Crippen LogP contribution in [-0.4, -0.2) is 105 Å². The lowest BCUT2D eigenvalue weighted by Crippen LogP contribution is -2.35. The van der Waals surface area contributed by atoms with E-state index in [9.17, 15) is 19.7 Å². The zero-order valence-corrected chi connectivity index (χ0v) is 29.5. The SMILES string of the molecule is NCCn1cnc2c(ncn2[C@@H]2O[C@@H]3COP(O)(=S)O[C@H]4[C@@H](F)[C@H](n5cc6c7c(ncnc75)CCCC6)O[C@@H]4COP(O)(=S)O[C@@H]2[C@@H]3O)c1=O. The average Bonchev–Trinajstić information content (AvgIpc) is 3.78. The van der Waals surface area contributed by atoms with Gasteiger partial charge in [-0.2, -0.15) is 0 Å². The number of aliphatic hydroxyl groups excluding tert-OH is 1. The molecule has 0 saturated carbocycles. The van der Waals surface area contributed by atoms with Gasteiger partial charge in [0.15, 0.2) is 29.8 Å². The van der Waals surface area contributed by atoms with E-state index in [4.69, 9.17) is 56.9 Å². The molecule has 2 bridgehead atoms. The Bertz CT molecular complexity index is 2100. The first-order valence-electron chi connectivity index (χ1n) is 15.8. The Kier molecular flexibility index (Phi) is 9.30. The highest BCUT2D eigenvalue weighted by atomic mass is 32.5. The predicted octanol–water partition coefficient (Wildman–Crippen LogP) is 0.620. The molecular weight excluding hydrogens is 741 g/mol. The summed E-state index contributed by atoms with van der Waals surface area (Å²) in [6, 6.07) is 0. The molecule has 10 atom stereocenters. The number of fused-ring (bicyclic) bond motifs is 4. The minimum absolute atomic E-state index is 0.00645. The standard InChI is InChI=1S/C27H33FN8O10P2S2/c28-18-21-16(44-26(18)35-7-13-3-1-2-4-14-17(13)23(35)31-10-30-14)9-42-48(40,50)46-22-20(37)15(8-41-47(39,49)45-21)43-27(22)36-12-32-19-24(36)33-11-34(6-5-29)25(19)38/h7,10-12,15-16,18,20-22,26-27,37H,1-6,8-9,29H2,(H,39,49)(H,40,50)/t15-,16-,18-,20-,21-,22-,26-,27-,47?,48?/m1/s1. The second-order valence-corrected chi connectivity index (χ2v) is 18.0. The molecule has 0 spiro atoms. The summed E-state index contributed by atoms with van der Waals surface area (Å²) in [6.45, 7) is -9.15. The van der Waals surface area contributed by atoms with Crippen molar-refractivity contribution >= 4 is 59.2 Å². The molecule has 0 amide bonds. The second-order valence-electron chi connectivity index (χ2n) is 12.4. The fraction of sp³-hybridized carbons (Fsp3) is 0.593. The monoisotopic (exact) mass is 774 g/mol. The fourth-order valence-corrected chi connectivity index (χ4v) is 9.77. The number of nitrogens with zero attached hydrogens (tertiary/aromatic N) is 7. The van der Waals surface area contributed by atoms with Gasteiger partial charge in [-0.25, -0.2) is 24.3 Å². The van der Waals surface area contributed by atoms with E-state index in [1.165, 1.54) is 28.1 Å². The number of aromatic nitrogens is 7. The van der Waals surface area contributed by atoms with Crippen molar-refractivity contribution in [3.63, 3.8) is 0 Å². The summed E-state index contributed by atoms with van der Waals surface area (Å²) in [5, 5.41) is 12.1. The van der Waals surface area contributed by atoms with Gasteiger partial charge in [0.2, 0.25) is 0 Å². The van der Waals surface area contributed by atoms with E-state index in [1.807, 2.05) is 0 Å². The topological polar surface area (TPSA) is 226 Å². The van der Waals surface area contributed by atoms with Crippen molar-refractivity contribution in [2.75, 3.05) is 19.8 Å². The van der Waals surface area contributed by atoms with Gasteiger partial charge in [0.05, 0.1) is 25.2 Å². The van der Waals surface area contributed by atoms with E-state index in [0.717, 1.165) is 42.3 Å². The Morgan fingerprint density at radius 1 is 0.920 bits per heavy atom. The van der Waals surface area contributed by atoms with Crippen LogP contribution in [0.2, 0.25) is 0 Å². The molecular formula is C27H33FN8O10P2S2. The number of nitrogens with two attached hydrogens (primary N) is 1. The molecule has 4 aromatic heterocycles. The molecule has 18 nitrogen and oxygen atoms in total. The number of rotatable bonds is 4. The van der Waals surface area contributed by atoms with Crippen molar-refractivity contribution in [2.45, 2.75) is 81.4 Å². The molecule has 270 valence electrons. The molecule has 23 heteroatoms. The molecule has 50 heavy (non-hydrogen) atoms. The van der Waals surface area contributed by atoms with E-state index in [-0.39, 0.29) is 24.3 Å². The van der Waals surface area contributed by atoms with Gasteiger partial charge in [-0.3, -0.25) is 23.0 Å². The minimum atomic E-state index is -4.24. The Morgan fingerprint density at radius 3 is 2.42 bits per heavy atom. The van der Waals surface area contributed by atoms with Crippen LogP contribution in [0, 0.1) is 0 Å². The van der Waals surface area contributed by atoms with Crippen LogP contribution in [0.5, 0.6) is 0 Å². The van der Waals surface area contributed by atoms with Gasteiger partial charge >= 0.3 is 13.4 Å². The normalized spacial score (nSPS) is 36.5. The van der Waals surface area contributed by atoms with Gasteiger partial charge in [-0.1, -0.05) is 0 Å². The predicted molar refractivity (Wildman–Crippen MR) is 178 cm³/mol. The quantitative estimate of drug-likeness (QED) is 0.209. The van der Waals surface area contributed by atoms with Crippen molar-refractivity contribution in [3.8, 4) is 0 Å². The lowest BCUT2D eigenvalue weighted by Gasteiger charge is -2.27. The molecule has 2 unspecified atom stereocenters. The summed E-state index contributed by atoms with van der Waals surface area (Å²) in [5.41, 5.74) is 7.54. The number of halogens is 1. The van der Waals surface area contributed by atoms with E-state index < -0.39 is 81.4 Å². The van der Waals surface area contributed by atoms with E-state index in [0.29, 0.717) is 5.65 Å². The highest BCUT2D eigenvalue weighted by Gasteiger charge is 2.53. The molecule has 7 heterocycles. The van der Waals surface area contributed by atoms with Gasteiger partial charge < -0.3 is 43.7 Å². The smallest absolute Gasteiger partial charge is 0.325 e. The number of aryl methyl sites for hydroxylation is 2. The summed E-state index contributed by atoms with van der Waals surface area (Å²) in [5.74, 6) is 0. The highest BCUT2D eigenvalue weighted by Crippen LogP contribution is 2.54. The van der Waals surface area contributed by atoms with E-state index in [1.54, 1.807) is 10.8 Å². The molecule has 3 fully saturated rings. The van der Waals surface area contributed by atoms with Crippen molar-refractivity contribution in [2.24, 2.45) is 5.73 Å². The van der Waals surface area contributed by atoms with Crippen LogP contribution in [0.4, 0.5) is 4.39 Å². The number of hydrogen-bond donors (Lipinski definition) is 4. The van der Waals surface area contributed by atoms with Crippen LogP contribution in [0.1, 0.15) is 36.6 Å². The maximum Gasteiger partial charge on any atom is 0.325 e. The van der Waals surface area contributed by atoms with E-state index in [2.05, 4.69) is 19.9 Å². The third-order valence-electron chi connectivity index (χ3n) is 9.24. The molecule has 4 aliphatic rings. The van der Waals surface area contributed by atoms with Gasteiger partial charge in [0.1, 0.15) is 48.8 Å². The van der Waals surface area contributed by atoms with Crippen LogP contribution < -0.4 is 11.3 Å². The average molecular weight is 775 g/mol. The second kappa shape index (κ2) is 13.3. The van der Waals surface area contributed by atoms with Crippen LogP contribution >= 0.6 is 13.4 Å². The number of alkyl halides is 1. The lowest BCUT2D eigenvalue weighted by atomic mass is 10.1. The number of aliphatic hydroxyl groups is 1. The molecule has 4 aromatic rings. The summed E-state index contributed by atoms with van der Waals surface area (Å²) < 4.78 is 55.7. The van der Waals surface area contributed by atoms with Crippen molar-refractivity contribution in [1.29, 1.82) is 0 Å². The first kappa shape index (κ1) is 34.9. The lowest BCUT2D eigenvalue weighted by molar-refractivity contribution is -0.0602. The molecule has 3 aliphatic heterocycles. The summed E-state index contributed by atoms with van der Waals surface area (Å²) in [6.07, 6.45) is -2.24. The van der Waals surface area contributed by atoms with Crippen molar-refractivity contribution in [1.82, 2.24) is 33.6 Å². The van der Waals surface area contributed by atoms with Crippen molar-refractivity contribution in [3.05, 3.63) is 46.8 Å². The third-order valence-corrected chi connectivity index (χ3v) is 12.4. The zero-order chi connectivity index (χ0) is 34.9. The molecule has 1 aliphatic carbocycles. The van der Waals surface area contributed by atoms with Crippen LogP contribution in [0.15, 0.2) is 30.0 Å². The number of ether oxygens (including phenoxy) is 2. The van der Waals surface area contributed by atoms with Crippen LogP contribution in [0.3, 0.4) is 0 Å². The molecule has 8 rings (SSSR count). The molecule has 0 radical (unpaired) electrons. The summed E-state index contributed by atoms with van der Waals surface area (Å²) in [7, 11) is 0. The largest absolute Gasteiger partial charge is 0.387 e. The van der Waals surface area contributed by atoms with Gasteiger partial charge in [-0.15, -0.1) is 0 Å². The molecule has 5 N–H and O–H groups in total. The Morgan fingerprint density at radius 2 is 1.64 bits per heavy atom. The van der Waals surface area contributed by atoms with Crippen LogP contribution in [0.25, 0.3) is 22.2 Å². The highest BCUT2D eigenvalue weighted by molar-refractivity contribution is 8.07. The first-order valence-corrected chi connectivity index (χ1v) is 21.0. The van der Waals surface area contributed by atoms with Gasteiger partial charge in [0.25, 0.3) is 5.56 Å². The maximum absolute atomic E-state index is 16.5. The zero-order valence-electron chi connectivity index (χ0n) is 26.1. The maximum atomic E-state index is 16.5. The van der Waals surface area contributed by atoms with E-state index >= 15 is 4.39 Å². The molecule has 3 saturated heterocycles. The Balaban J connectivity index is 1.10. The summed E-state index contributed by atoms with van der Waals surface area (Å²) in [4.78, 5) is 52.7. The molecule has 0 aromatic carbocycles. The number of hydrogen-bond acceptors (Lipinski definition) is 15. The summed E-state index contributed by atoms with van der Waals surface area (Å²) >= 11 is 10.6. The Hall–Kier alpha value is -2.20. The van der Waals surface area contributed by atoms with Gasteiger partial charge in [0, 0.05) is 24.7 Å². The Labute approximate surface area is 292 Å². The fourth-order valence-electron chi connectivity index (χ4n) is 6.92. The number of imidazole rings is 1. The minimum Gasteiger partial charge on any atom is -0.387 e. The third kappa shape index (κ3) is 6.20.